The minimum absolute atomic E-state index is 0.0730. The Balaban J connectivity index is 1.70. The number of aliphatic hydroxyl groups is 1. The zero-order chi connectivity index (χ0) is 13.0. The number of piperidine rings is 1. The first-order valence-corrected chi connectivity index (χ1v) is 7.43. The molecule has 2 aliphatic rings. The molecular formula is C13H23NO3S. The van der Waals surface area contributed by atoms with Crippen LogP contribution in [0.15, 0.2) is 0 Å². The molecule has 2 rings (SSSR count). The predicted octanol–water partition coefficient (Wildman–Crippen LogP) is 1.09. The first-order valence-electron chi connectivity index (χ1n) is 6.80. The molecule has 0 aromatic carbocycles. The quantitative estimate of drug-likeness (QED) is 0.712. The lowest BCUT2D eigenvalue weighted by Gasteiger charge is -2.32. The van der Waals surface area contributed by atoms with Gasteiger partial charge in [0.05, 0.1) is 19.3 Å². The first-order chi connectivity index (χ1) is 8.69. The standard InChI is InChI=1S/C13H23NO3S/c15-7-8-17-11-1-5-14(6-2-11)12(16)9-13(10-18)3-4-13/h11,15,18H,1-10H2. The molecule has 18 heavy (non-hydrogen) atoms. The number of carbonyl (C=O) groups excluding carboxylic acids is 1. The zero-order valence-corrected chi connectivity index (χ0v) is 11.7. The number of nitrogens with zero attached hydrogens (tertiary/aromatic N) is 1. The van der Waals surface area contributed by atoms with Crippen molar-refractivity contribution < 1.29 is 14.6 Å². The second kappa shape index (κ2) is 6.26. The summed E-state index contributed by atoms with van der Waals surface area (Å²) in [6.45, 7) is 2.06. The minimum Gasteiger partial charge on any atom is -0.394 e. The average Bonchev–Trinajstić information content (AvgIpc) is 3.17. The van der Waals surface area contributed by atoms with Gasteiger partial charge in [-0.05, 0) is 36.9 Å². The van der Waals surface area contributed by atoms with Crippen LogP contribution in [-0.2, 0) is 9.53 Å². The van der Waals surface area contributed by atoms with Crippen LogP contribution in [0.5, 0.6) is 0 Å². The van der Waals surface area contributed by atoms with E-state index in [1.54, 1.807) is 0 Å². The highest BCUT2D eigenvalue weighted by Crippen LogP contribution is 2.49. The molecule has 1 amide bonds. The topological polar surface area (TPSA) is 49.8 Å². The van der Waals surface area contributed by atoms with Gasteiger partial charge < -0.3 is 14.7 Å². The molecule has 1 aliphatic heterocycles. The van der Waals surface area contributed by atoms with Crippen molar-refractivity contribution in [2.45, 2.75) is 38.2 Å². The molecule has 5 heteroatoms. The lowest BCUT2D eigenvalue weighted by atomic mass is 10.0. The third-order valence-electron chi connectivity index (χ3n) is 4.06. The summed E-state index contributed by atoms with van der Waals surface area (Å²) in [5.74, 6) is 1.11. The van der Waals surface area contributed by atoms with Crippen molar-refractivity contribution >= 4 is 18.5 Å². The number of ether oxygens (including phenoxy) is 1. The normalized spacial score (nSPS) is 23.1. The highest BCUT2D eigenvalue weighted by atomic mass is 32.1. The van der Waals surface area contributed by atoms with Crippen molar-refractivity contribution in [3.05, 3.63) is 0 Å². The number of carbonyl (C=O) groups is 1. The van der Waals surface area contributed by atoms with Crippen LogP contribution in [0.25, 0.3) is 0 Å². The smallest absolute Gasteiger partial charge is 0.223 e. The molecule has 0 bridgehead atoms. The fourth-order valence-corrected chi connectivity index (χ4v) is 2.92. The van der Waals surface area contributed by atoms with E-state index < -0.39 is 0 Å². The highest BCUT2D eigenvalue weighted by molar-refractivity contribution is 7.80. The maximum atomic E-state index is 12.1. The Morgan fingerprint density at radius 2 is 2.06 bits per heavy atom. The van der Waals surface area contributed by atoms with Crippen molar-refractivity contribution in [1.82, 2.24) is 4.90 Å². The van der Waals surface area contributed by atoms with Crippen LogP contribution in [0.1, 0.15) is 32.1 Å². The fraction of sp³-hybridized carbons (Fsp3) is 0.923. The SMILES string of the molecule is O=C(CC1(CS)CC1)N1CCC(OCCO)CC1. The summed E-state index contributed by atoms with van der Waals surface area (Å²) in [6, 6.07) is 0. The molecule has 1 N–H and O–H groups in total. The summed E-state index contributed by atoms with van der Waals surface area (Å²) in [4.78, 5) is 14.1. The van der Waals surface area contributed by atoms with Gasteiger partial charge in [-0.25, -0.2) is 0 Å². The van der Waals surface area contributed by atoms with Crippen LogP contribution in [-0.4, -0.2) is 54.1 Å². The second-order valence-electron chi connectivity index (χ2n) is 5.51. The van der Waals surface area contributed by atoms with Gasteiger partial charge in [0.15, 0.2) is 0 Å². The summed E-state index contributed by atoms with van der Waals surface area (Å²) in [5.41, 5.74) is 0.213. The molecule has 1 aliphatic carbocycles. The van der Waals surface area contributed by atoms with Gasteiger partial charge in [0, 0.05) is 19.5 Å². The van der Waals surface area contributed by atoms with Gasteiger partial charge in [0.25, 0.3) is 0 Å². The van der Waals surface area contributed by atoms with Crippen molar-refractivity contribution in [1.29, 1.82) is 0 Å². The van der Waals surface area contributed by atoms with Crippen molar-refractivity contribution in [2.24, 2.45) is 5.41 Å². The number of aliphatic hydroxyl groups excluding tert-OH is 1. The third kappa shape index (κ3) is 3.62. The Labute approximate surface area is 114 Å². The molecule has 2 fully saturated rings. The average molecular weight is 273 g/mol. The van der Waals surface area contributed by atoms with Crippen molar-refractivity contribution in [3.63, 3.8) is 0 Å². The zero-order valence-electron chi connectivity index (χ0n) is 10.8. The summed E-state index contributed by atoms with van der Waals surface area (Å²) in [6.07, 6.45) is 4.95. The van der Waals surface area contributed by atoms with E-state index in [0.717, 1.165) is 44.5 Å². The van der Waals surface area contributed by atoms with E-state index >= 15 is 0 Å². The van der Waals surface area contributed by atoms with E-state index in [-0.39, 0.29) is 24.0 Å². The number of amides is 1. The molecule has 1 saturated carbocycles. The monoisotopic (exact) mass is 273 g/mol. The molecule has 0 atom stereocenters. The van der Waals surface area contributed by atoms with E-state index in [9.17, 15) is 4.79 Å². The molecule has 104 valence electrons. The highest BCUT2D eigenvalue weighted by Gasteiger charge is 2.43. The van der Waals surface area contributed by atoms with Crippen LogP contribution in [0, 0.1) is 5.41 Å². The lowest BCUT2D eigenvalue weighted by molar-refractivity contribution is -0.135. The third-order valence-corrected chi connectivity index (χ3v) is 4.73. The molecule has 4 nitrogen and oxygen atoms in total. The maximum Gasteiger partial charge on any atom is 0.223 e. The molecule has 1 heterocycles. The lowest BCUT2D eigenvalue weighted by Crippen LogP contribution is -2.42. The number of hydrogen-bond donors (Lipinski definition) is 2. The molecule has 0 radical (unpaired) electrons. The van der Waals surface area contributed by atoms with Crippen molar-refractivity contribution in [3.8, 4) is 0 Å². The van der Waals surface area contributed by atoms with Crippen LogP contribution >= 0.6 is 12.6 Å². The summed E-state index contributed by atoms with van der Waals surface area (Å²) in [7, 11) is 0. The Kier molecular flexibility index (Phi) is 4.92. The summed E-state index contributed by atoms with van der Waals surface area (Å²) < 4.78 is 5.49. The molecule has 0 unspecified atom stereocenters. The maximum absolute atomic E-state index is 12.1. The van der Waals surface area contributed by atoms with E-state index in [0.29, 0.717) is 13.0 Å². The van der Waals surface area contributed by atoms with Gasteiger partial charge in [-0.2, -0.15) is 12.6 Å². The van der Waals surface area contributed by atoms with E-state index in [1.807, 2.05) is 4.90 Å². The Morgan fingerprint density at radius 1 is 1.39 bits per heavy atom. The largest absolute Gasteiger partial charge is 0.394 e. The van der Waals surface area contributed by atoms with E-state index in [1.165, 1.54) is 0 Å². The molecule has 1 saturated heterocycles. The summed E-state index contributed by atoms with van der Waals surface area (Å²) >= 11 is 4.34. The predicted molar refractivity (Wildman–Crippen MR) is 72.8 cm³/mol. The van der Waals surface area contributed by atoms with Crippen LogP contribution in [0.3, 0.4) is 0 Å². The number of thiol groups is 1. The van der Waals surface area contributed by atoms with Crippen LogP contribution in [0.2, 0.25) is 0 Å². The van der Waals surface area contributed by atoms with Gasteiger partial charge in [-0.15, -0.1) is 0 Å². The fourth-order valence-electron chi connectivity index (χ4n) is 2.49. The number of hydrogen-bond acceptors (Lipinski definition) is 4. The van der Waals surface area contributed by atoms with Gasteiger partial charge in [-0.1, -0.05) is 0 Å². The number of rotatable bonds is 6. The second-order valence-corrected chi connectivity index (χ2v) is 5.83. The first kappa shape index (κ1) is 14.2. The molecule has 0 aromatic rings. The van der Waals surface area contributed by atoms with Crippen LogP contribution in [0.4, 0.5) is 0 Å². The minimum atomic E-state index is 0.0730. The van der Waals surface area contributed by atoms with Gasteiger partial charge in [0.2, 0.25) is 5.91 Å². The van der Waals surface area contributed by atoms with Gasteiger partial charge in [-0.3, -0.25) is 4.79 Å². The molecular weight excluding hydrogens is 250 g/mol. The Bertz CT molecular complexity index is 286. The van der Waals surface area contributed by atoms with Crippen molar-refractivity contribution in [2.75, 3.05) is 32.1 Å². The molecule has 0 aromatic heterocycles. The number of likely N-dealkylation sites (tertiary alicyclic amines) is 1. The van der Waals surface area contributed by atoms with Gasteiger partial charge >= 0.3 is 0 Å². The Morgan fingerprint density at radius 3 is 2.56 bits per heavy atom. The van der Waals surface area contributed by atoms with Gasteiger partial charge in [0.1, 0.15) is 0 Å². The molecule has 0 spiro atoms. The van der Waals surface area contributed by atoms with E-state index in [2.05, 4.69) is 12.6 Å². The van der Waals surface area contributed by atoms with E-state index in [4.69, 9.17) is 9.84 Å². The summed E-state index contributed by atoms with van der Waals surface area (Å²) in [5, 5.41) is 8.70. The van der Waals surface area contributed by atoms with Crippen LogP contribution < -0.4 is 0 Å². The Hall–Kier alpha value is -0.260.